The number of hydrogen-bond donors (Lipinski definition) is 1. The molecule has 2 saturated heterocycles. The summed E-state index contributed by atoms with van der Waals surface area (Å²) in [5, 5.41) is 3.33. The van der Waals surface area contributed by atoms with Gasteiger partial charge in [0.25, 0.3) is 0 Å². The van der Waals surface area contributed by atoms with Crippen molar-refractivity contribution in [3.63, 3.8) is 0 Å². The Morgan fingerprint density at radius 3 is 2.54 bits per heavy atom. The molecule has 11 heteroatoms. The fourth-order valence-corrected chi connectivity index (χ4v) is 5.32. The number of piperazine rings is 1. The molecule has 35 heavy (non-hydrogen) atoms. The molecule has 2 aliphatic heterocycles. The monoisotopic (exact) mass is 497 g/mol. The summed E-state index contributed by atoms with van der Waals surface area (Å²) in [6.07, 6.45) is 4.26. The lowest BCUT2D eigenvalue weighted by molar-refractivity contribution is 0.00702. The minimum atomic E-state index is -3.25. The lowest BCUT2D eigenvalue weighted by Crippen LogP contribution is -2.47. The maximum Gasteiger partial charge on any atom is 0.211 e. The van der Waals surface area contributed by atoms with Crippen LogP contribution >= 0.6 is 0 Å². The number of hydrogen-bond acceptors (Lipinski definition) is 9. The van der Waals surface area contributed by atoms with Gasteiger partial charge in [-0.3, -0.25) is 4.98 Å². The van der Waals surface area contributed by atoms with Crippen molar-refractivity contribution in [2.45, 2.75) is 6.10 Å². The molecular weight excluding hydrogens is 466 g/mol. The fraction of sp³-hybridized carbons (Fsp3) is 0.458. The normalized spacial score (nSPS) is 20.3. The minimum absolute atomic E-state index is 0.279. The number of likely N-dealkylation sites (N-methyl/N-ethyl adjacent to an activating group) is 1. The number of rotatable bonds is 6. The van der Waals surface area contributed by atoms with Crippen LogP contribution in [0.4, 0.5) is 11.5 Å². The summed E-state index contributed by atoms with van der Waals surface area (Å²) in [4.78, 5) is 18.6. The molecular formula is C24H31N7O3S. The Balaban J connectivity index is 1.36. The topological polar surface area (TPSA) is 104 Å². The van der Waals surface area contributed by atoms with Gasteiger partial charge in [0.2, 0.25) is 10.0 Å². The number of anilines is 2. The highest BCUT2D eigenvalue weighted by molar-refractivity contribution is 7.88. The van der Waals surface area contributed by atoms with Crippen LogP contribution in [0.1, 0.15) is 0 Å². The maximum atomic E-state index is 11.9. The summed E-state index contributed by atoms with van der Waals surface area (Å²) in [5.74, 6) is 0.605. The summed E-state index contributed by atoms with van der Waals surface area (Å²) in [7, 11) is -1.10. The smallest absolute Gasteiger partial charge is 0.211 e. The number of ether oxygens (including phenoxy) is 1. The lowest BCUT2D eigenvalue weighted by atomic mass is 10.1. The molecule has 0 radical (unpaired) electrons. The minimum Gasteiger partial charge on any atom is -0.374 e. The molecule has 1 atom stereocenters. The van der Waals surface area contributed by atoms with Crippen molar-refractivity contribution in [1.82, 2.24) is 24.2 Å². The number of sulfonamides is 1. The zero-order valence-corrected chi connectivity index (χ0v) is 20.9. The third kappa shape index (κ3) is 5.53. The Morgan fingerprint density at radius 1 is 1.06 bits per heavy atom. The number of morpholine rings is 1. The molecule has 4 heterocycles. The van der Waals surface area contributed by atoms with E-state index in [0.717, 1.165) is 43.0 Å². The molecule has 2 aliphatic rings. The number of benzene rings is 1. The van der Waals surface area contributed by atoms with Gasteiger partial charge in [-0.1, -0.05) is 12.1 Å². The average Bonchev–Trinajstić information content (AvgIpc) is 2.87. The van der Waals surface area contributed by atoms with Gasteiger partial charge in [0.15, 0.2) is 5.82 Å². The summed E-state index contributed by atoms with van der Waals surface area (Å²) < 4.78 is 31.1. The van der Waals surface area contributed by atoms with Crippen LogP contribution in [0.2, 0.25) is 0 Å². The zero-order chi connectivity index (χ0) is 24.4. The number of pyridine rings is 1. The van der Waals surface area contributed by atoms with E-state index in [1.807, 2.05) is 6.07 Å². The maximum absolute atomic E-state index is 11.9. The molecule has 2 aromatic heterocycles. The van der Waals surface area contributed by atoms with Gasteiger partial charge < -0.3 is 19.9 Å². The van der Waals surface area contributed by atoms with Gasteiger partial charge in [-0.25, -0.2) is 18.4 Å². The van der Waals surface area contributed by atoms with Crippen molar-refractivity contribution in [1.29, 1.82) is 0 Å². The first-order valence-corrected chi connectivity index (χ1v) is 13.7. The molecule has 0 unspecified atom stereocenters. The Kier molecular flexibility index (Phi) is 6.83. The number of fused-ring (bicyclic) bond motifs is 1. The Labute approximate surface area is 206 Å². The van der Waals surface area contributed by atoms with E-state index < -0.39 is 10.0 Å². The van der Waals surface area contributed by atoms with E-state index in [-0.39, 0.29) is 6.10 Å². The highest BCUT2D eigenvalue weighted by Crippen LogP contribution is 2.27. The van der Waals surface area contributed by atoms with E-state index in [1.165, 1.54) is 16.2 Å². The molecule has 0 saturated carbocycles. The number of nitrogens with zero attached hydrogens (tertiary/aromatic N) is 6. The molecule has 186 valence electrons. The molecule has 1 aromatic carbocycles. The summed E-state index contributed by atoms with van der Waals surface area (Å²) in [5.41, 5.74) is 4.42. The van der Waals surface area contributed by atoms with E-state index in [4.69, 9.17) is 9.72 Å². The molecule has 0 spiro atoms. The zero-order valence-electron chi connectivity index (χ0n) is 20.1. The van der Waals surface area contributed by atoms with Crippen molar-refractivity contribution in [3.8, 4) is 11.3 Å². The summed E-state index contributed by atoms with van der Waals surface area (Å²) >= 11 is 0. The van der Waals surface area contributed by atoms with E-state index in [1.54, 1.807) is 12.4 Å². The molecule has 2 fully saturated rings. The molecule has 0 amide bonds. The highest BCUT2D eigenvalue weighted by Gasteiger charge is 2.26. The first-order chi connectivity index (χ1) is 16.9. The van der Waals surface area contributed by atoms with Gasteiger partial charge >= 0.3 is 0 Å². The second-order valence-corrected chi connectivity index (χ2v) is 11.1. The van der Waals surface area contributed by atoms with E-state index in [0.29, 0.717) is 37.6 Å². The van der Waals surface area contributed by atoms with E-state index in [2.05, 4.69) is 56.4 Å². The van der Waals surface area contributed by atoms with Crippen molar-refractivity contribution < 1.29 is 13.2 Å². The van der Waals surface area contributed by atoms with Crippen LogP contribution in [0.3, 0.4) is 0 Å². The van der Waals surface area contributed by atoms with Crippen LogP contribution in [0.25, 0.3) is 22.3 Å². The Hall–Kier alpha value is -2.86. The molecule has 1 N–H and O–H groups in total. The van der Waals surface area contributed by atoms with Crippen molar-refractivity contribution in [3.05, 3.63) is 42.7 Å². The predicted octanol–water partition coefficient (Wildman–Crippen LogP) is 1.52. The second-order valence-electron chi connectivity index (χ2n) is 9.11. The number of aromatic nitrogens is 3. The SMILES string of the molecule is CN1CCN(c2ccc(-c3cc4nccnc4c(NC[C@H]4CN(S(C)(=O)=O)CCO4)n3)cc2)CC1. The van der Waals surface area contributed by atoms with Crippen LogP contribution in [0, 0.1) is 0 Å². The fourth-order valence-electron chi connectivity index (χ4n) is 4.48. The quantitative estimate of drug-likeness (QED) is 0.543. The second kappa shape index (κ2) is 10.0. The Morgan fingerprint density at radius 2 is 1.80 bits per heavy atom. The molecule has 10 nitrogen and oxygen atoms in total. The van der Waals surface area contributed by atoms with Crippen LogP contribution < -0.4 is 10.2 Å². The average molecular weight is 498 g/mol. The highest BCUT2D eigenvalue weighted by atomic mass is 32.2. The van der Waals surface area contributed by atoms with Crippen LogP contribution in [0.15, 0.2) is 42.7 Å². The van der Waals surface area contributed by atoms with Gasteiger partial charge in [0.1, 0.15) is 5.52 Å². The van der Waals surface area contributed by atoms with Crippen LogP contribution in [0.5, 0.6) is 0 Å². The largest absolute Gasteiger partial charge is 0.374 e. The number of nitrogens with one attached hydrogen (secondary N) is 1. The third-order valence-electron chi connectivity index (χ3n) is 6.56. The standard InChI is InChI=1S/C24H31N7O3S/c1-29-9-11-30(12-10-29)19-5-3-18(4-6-19)21-15-22-23(26-8-7-25-22)24(28-21)27-16-20-17-31(13-14-34-20)35(2,32)33/h3-8,15,20H,9-14,16-17H2,1-2H3,(H,27,28)/t20-/m0/s1. The van der Waals surface area contributed by atoms with Gasteiger partial charge in [-0.15, -0.1) is 0 Å². The molecule has 0 bridgehead atoms. The van der Waals surface area contributed by atoms with Crippen LogP contribution in [-0.4, -0.2) is 104 Å². The molecule has 3 aromatic rings. The van der Waals surface area contributed by atoms with Crippen molar-refractivity contribution in [2.75, 3.05) is 75.9 Å². The summed E-state index contributed by atoms with van der Waals surface area (Å²) in [6, 6.07) is 10.4. The first-order valence-electron chi connectivity index (χ1n) is 11.8. The molecule has 0 aliphatic carbocycles. The van der Waals surface area contributed by atoms with E-state index in [9.17, 15) is 8.42 Å². The van der Waals surface area contributed by atoms with Crippen molar-refractivity contribution in [2.24, 2.45) is 0 Å². The van der Waals surface area contributed by atoms with Crippen LogP contribution in [-0.2, 0) is 14.8 Å². The third-order valence-corrected chi connectivity index (χ3v) is 7.83. The van der Waals surface area contributed by atoms with Gasteiger partial charge in [0, 0.05) is 69.5 Å². The lowest BCUT2D eigenvalue weighted by Gasteiger charge is -2.34. The first kappa shape index (κ1) is 23.9. The van der Waals surface area contributed by atoms with Gasteiger partial charge in [0.05, 0.1) is 30.2 Å². The molecule has 5 rings (SSSR count). The summed E-state index contributed by atoms with van der Waals surface area (Å²) in [6.45, 7) is 5.64. The predicted molar refractivity (Wildman–Crippen MR) is 137 cm³/mol. The van der Waals surface area contributed by atoms with Gasteiger partial charge in [-0.05, 0) is 25.2 Å². The van der Waals surface area contributed by atoms with Crippen molar-refractivity contribution >= 4 is 32.6 Å². The Bertz CT molecular complexity index is 1280. The van der Waals surface area contributed by atoms with E-state index >= 15 is 0 Å². The van der Waals surface area contributed by atoms with Gasteiger partial charge in [-0.2, -0.15) is 4.31 Å².